The van der Waals surface area contributed by atoms with Crippen molar-refractivity contribution in [1.29, 1.82) is 0 Å². The van der Waals surface area contributed by atoms with E-state index in [1.807, 2.05) is 25.1 Å². The summed E-state index contributed by atoms with van der Waals surface area (Å²) >= 11 is 1.45. The maximum Gasteiger partial charge on any atom is 0.410 e. The summed E-state index contributed by atoms with van der Waals surface area (Å²) in [6, 6.07) is 8.09. The summed E-state index contributed by atoms with van der Waals surface area (Å²) in [6.07, 6.45) is 4.79. The lowest BCUT2D eigenvalue weighted by atomic mass is 9.86. The van der Waals surface area contributed by atoms with Gasteiger partial charge in [-0.05, 0) is 30.5 Å². The summed E-state index contributed by atoms with van der Waals surface area (Å²) in [5, 5.41) is 12.1. The third kappa shape index (κ3) is 3.56. The van der Waals surface area contributed by atoms with E-state index in [0.29, 0.717) is 5.17 Å². The molecule has 2 N–H and O–H groups in total. The van der Waals surface area contributed by atoms with Crippen LogP contribution < -0.4 is 5.32 Å². The van der Waals surface area contributed by atoms with Gasteiger partial charge in [0, 0.05) is 23.2 Å². The van der Waals surface area contributed by atoms with Crippen LogP contribution >= 0.6 is 11.8 Å². The highest BCUT2D eigenvalue weighted by molar-refractivity contribution is 8.14. The van der Waals surface area contributed by atoms with Crippen molar-refractivity contribution in [3.05, 3.63) is 48.5 Å². The minimum absolute atomic E-state index is 0.262. The second kappa shape index (κ2) is 6.60. The Kier molecular flexibility index (Phi) is 4.53. The van der Waals surface area contributed by atoms with Crippen molar-refractivity contribution in [3.63, 3.8) is 0 Å². The summed E-state index contributed by atoms with van der Waals surface area (Å²) in [5.74, 6) is 0. The molecule has 0 bridgehead atoms. The Balaban J connectivity index is 1.99. The molecule has 0 saturated heterocycles. The van der Waals surface area contributed by atoms with Crippen molar-refractivity contribution >= 4 is 23.0 Å². The van der Waals surface area contributed by atoms with Gasteiger partial charge in [-0.15, -0.1) is 0 Å². The molecule has 6 nitrogen and oxygen atoms in total. The number of thioether (sulfide) groups is 1. The van der Waals surface area contributed by atoms with Crippen molar-refractivity contribution in [2.75, 3.05) is 0 Å². The average Bonchev–Trinajstić information content (AvgIpc) is 2.54. The number of rotatable bonds is 2. The fourth-order valence-electron chi connectivity index (χ4n) is 2.90. The number of hydrogen-bond acceptors (Lipinski definition) is 5. The van der Waals surface area contributed by atoms with Gasteiger partial charge in [0.1, 0.15) is 6.33 Å². The van der Waals surface area contributed by atoms with E-state index in [4.69, 9.17) is 5.11 Å². The number of aliphatic imine (C=N–C) groups is 1. The number of amides is 1. The summed E-state index contributed by atoms with van der Waals surface area (Å²) in [6.45, 7) is 4.11. The van der Waals surface area contributed by atoms with Crippen molar-refractivity contribution in [1.82, 2.24) is 15.3 Å². The van der Waals surface area contributed by atoms with Crippen molar-refractivity contribution in [2.45, 2.75) is 31.1 Å². The lowest BCUT2D eigenvalue weighted by molar-refractivity contribution is 0.200. The monoisotopic (exact) mass is 342 g/mol. The van der Waals surface area contributed by atoms with Crippen LogP contribution in [0.3, 0.4) is 0 Å². The van der Waals surface area contributed by atoms with Crippen LogP contribution in [0.1, 0.15) is 25.8 Å². The van der Waals surface area contributed by atoms with Gasteiger partial charge in [0.25, 0.3) is 0 Å². The maximum atomic E-state index is 10.9. The topological polar surface area (TPSA) is 87.5 Å². The van der Waals surface area contributed by atoms with E-state index in [9.17, 15) is 4.79 Å². The number of carbonyl (C=O) groups is 1. The number of benzene rings is 1. The highest BCUT2D eigenvalue weighted by atomic mass is 32.2. The molecule has 0 unspecified atom stereocenters. The molecule has 7 heteroatoms. The van der Waals surface area contributed by atoms with Crippen molar-refractivity contribution < 1.29 is 9.90 Å². The predicted molar refractivity (Wildman–Crippen MR) is 95.1 cm³/mol. The standard InChI is InChI=1S/C17H18N4O2S/c1-11-7-17(2,21-15(24-11)20-16(22)23)14-5-3-4-12(6-14)13-8-18-10-19-9-13/h3-6,8-11H,7H2,1-2H3,(H,20,21)(H,22,23)/t11-,17+/m1/s1. The summed E-state index contributed by atoms with van der Waals surface area (Å²) in [5.41, 5.74) is 2.52. The van der Waals surface area contributed by atoms with E-state index < -0.39 is 11.6 Å². The Morgan fingerprint density at radius 3 is 2.79 bits per heavy atom. The zero-order chi connectivity index (χ0) is 17.2. The first kappa shape index (κ1) is 16.4. The molecule has 2 heterocycles. The molecular formula is C17H18N4O2S. The van der Waals surface area contributed by atoms with Gasteiger partial charge in [-0.25, -0.2) is 14.8 Å². The molecule has 1 aliphatic rings. The van der Waals surface area contributed by atoms with Crippen LogP contribution in [0.2, 0.25) is 0 Å². The number of carboxylic acid groups (broad SMARTS) is 1. The Labute approximate surface area is 144 Å². The summed E-state index contributed by atoms with van der Waals surface area (Å²) < 4.78 is 0. The van der Waals surface area contributed by atoms with Gasteiger partial charge >= 0.3 is 6.09 Å². The summed E-state index contributed by atoms with van der Waals surface area (Å²) in [7, 11) is 0. The third-order valence-corrected chi connectivity index (χ3v) is 4.92. The minimum Gasteiger partial charge on any atom is -0.465 e. The molecule has 0 radical (unpaired) electrons. The molecule has 0 saturated carbocycles. The molecule has 1 amide bonds. The molecule has 2 atom stereocenters. The van der Waals surface area contributed by atoms with Gasteiger partial charge in [0.05, 0.1) is 5.54 Å². The van der Waals surface area contributed by atoms with Crippen molar-refractivity contribution in [3.8, 4) is 11.1 Å². The third-order valence-electron chi connectivity index (χ3n) is 3.94. The minimum atomic E-state index is -1.09. The van der Waals surface area contributed by atoms with E-state index in [2.05, 4.69) is 33.3 Å². The van der Waals surface area contributed by atoms with Gasteiger partial charge in [-0.1, -0.05) is 36.9 Å². The van der Waals surface area contributed by atoms with E-state index in [1.165, 1.54) is 18.1 Å². The second-order valence-corrected chi connectivity index (χ2v) is 7.39. The highest BCUT2D eigenvalue weighted by Gasteiger charge is 2.34. The van der Waals surface area contributed by atoms with E-state index in [0.717, 1.165) is 23.1 Å². The zero-order valence-corrected chi connectivity index (χ0v) is 14.2. The predicted octanol–water partition coefficient (Wildman–Crippen LogP) is 3.51. The Bertz CT molecular complexity index is 781. The first-order chi connectivity index (χ1) is 11.5. The molecule has 1 aromatic heterocycles. The zero-order valence-electron chi connectivity index (χ0n) is 13.4. The van der Waals surface area contributed by atoms with Gasteiger partial charge in [-0.3, -0.25) is 10.3 Å². The Morgan fingerprint density at radius 2 is 2.08 bits per heavy atom. The average molecular weight is 342 g/mol. The van der Waals surface area contributed by atoms with Gasteiger partial charge in [0.15, 0.2) is 5.17 Å². The molecule has 1 aromatic carbocycles. The maximum absolute atomic E-state index is 10.9. The fourth-order valence-corrected chi connectivity index (χ4v) is 4.09. The number of amidine groups is 1. The fraction of sp³-hybridized carbons (Fsp3) is 0.294. The van der Waals surface area contributed by atoms with Crippen LogP contribution in [0.25, 0.3) is 11.1 Å². The van der Waals surface area contributed by atoms with Gasteiger partial charge < -0.3 is 5.11 Å². The first-order valence-corrected chi connectivity index (χ1v) is 8.47. The first-order valence-electron chi connectivity index (χ1n) is 7.59. The lowest BCUT2D eigenvalue weighted by Gasteiger charge is -2.34. The van der Waals surface area contributed by atoms with Crippen LogP contribution in [-0.2, 0) is 5.54 Å². The van der Waals surface area contributed by atoms with Crippen LogP contribution in [-0.4, -0.2) is 31.6 Å². The Hall–Kier alpha value is -2.41. The van der Waals surface area contributed by atoms with Crippen LogP contribution in [0, 0.1) is 0 Å². The number of hydrogen-bond donors (Lipinski definition) is 2. The normalized spacial score (nSPS) is 23.4. The number of nitrogens with one attached hydrogen (secondary N) is 1. The Morgan fingerprint density at radius 1 is 1.33 bits per heavy atom. The molecular weight excluding hydrogens is 324 g/mol. The SMILES string of the molecule is C[C@@H]1C[C@@](C)(c2cccc(-c3cncnc3)c2)N=C(NC(=O)O)S1. The molecule has 124 valence electrons. The van der Waals surface area contributed by atoms with E-state index in [-0.39, 0.29) is 5.25 Å². The van der Waals surface area contributed by atoms with Gasteiger partial charge in [-0.2, -0.15) is 0 Å². The van der Waals surface area contributed by atoms with E-state index >= 15 is 0 Å². The molecule has 1 aliphatic heterocycles. The quantitative estimate of drug-likeness (QED) is 0.872. The van der Waals surface area contributed by atoms with Crippen LogP contribution in [0.4, 0.5) is 4.79 Å². The van der Waals surface area contributed by atoms with Crippen LogP contribution in [0.15, 0.2) is 48.0 Å². The molecule has 0 aliphatic carbocycles. The lowest BCUT2D eigenvalue weighted by Crippen LogP contribution is -2.37. The highest BCUT2D eigenvalue weighted by Crippen LogP contribution is 2.40. The van der Waals surface area contributed by atoms with Gasteiger partial charge in [0.2, 0.25) is 0 Å². The van der Waals surface area contributed by atoms with E-state index in [1.54, 1.807) is 12.4 Å². The molecule has 2 aromatic rings. The number of aromatic nitrogens is 2. The number of nitrogens with zero attached hydrogens (tertiary/aromatic N) is 3. The molecule has 0 spiro atoms. The van der Waals surface area contributed by atoms with Crippen molar-refractivity contribution in [2.24, 2.45) is 4.99 Å². The largest absolute Gasteiger partial charge is 0.465 e. The molecule has 24 heavy (non-hydrogen) atoms. The smallest absolute Gasteiger partial charge is 0.410 e. The molecule has 3 rings (SSSR count). The summed E-state index contributed by atoms with van der Waals surface area (Å²) in [4.78, 5) is 23.7. The molecule has 0 fully saturated rings. The second-order valence-electron chi connectivity index (χ2n) is 5.96. The van der Waals surface area contributed by atoms with Crippen LogP contribution in [0.5, 0.6) is 0 Å².